The van der Waals surface area contributed by atoms with Crippen LogP contribution in [0.1, 0.15) is 20.9 Å². The van der Waals surface area contributed by atoms with E-state index in [0.717, 1.165) is 10.1 Å². The molecule has 0 aliphatic rings. The second-order valence-electron chi connectivity index (χ2n) is 4.25. The quantitative estimate of drug-likeness (QED) is 0.710. The number of benzene rings is 1. The number of nitrogens with zero attached hydrogens (tertiary/aromatic N) is 1. The van der Waals surface area contributed by atoms with E-state index in [-0.39, 0.29) is 0 Å². The lowest BCUT2D eigenvalue weighted by atomic mass is 10.2. The molecule has 0 radical (unpaired) electrons. The molecule has 0 atom stereocenters. The summed E-state index contributed by atoms with van der Waals surface area (Å²) in [5.41, 5.74) is 1.88. The Hall–Kier alpha value is -1.37. The Morgan fingerprint density at radius 1 is 1.40 bits per heavy atom. The van der Waals surface area contributed by atoms with E-state index in [9.17, 15) is 4.79 Å². The number of aromatic carboxylic acids is 1. The zero-order chi connectivity index (χ0) is 14.1. The molecule has 0 spiro atoms. The lowest BCUT2D eigenvalue weighted by Crippen LogP contribution is -1.94. The van der Waals surface area contributed by atoms with Crippen molar-refractivity contribution in [3.05, 3.63) is 45.8 Å². The summed E-state index contributed by atoms with van der Waals surface area (Å²) >= 11 is 4.58. The summed E-state index contributed by atoms with van der Waals surface area (Å²) in [4.78, 5) is 15.7. The number of hydrogen-bond donors (Lipinski definition) is 1. The molecule has 20 heavy (non-hydrogen) atoms. The smallest absolute Gasteiger partial charge is 0.347 e. The number of carbonyl (C=O) groups is 1. The van der Waals surface area contributed by atoms with Crippen molar-refractivity contribution >= 4 is 50.5 Å². The first-order valence-corrected chi connectivity index (χ1v) is 8.62. The zero-order valence-corrected chi connectivity index (χ0v) is 13.1. The number of rotatable bonds is 4. The molecule has 0 aliphatic heterocycles. The van der Waals surface area contributed by atoms with Crippen molar-refractivity contribution in [2.45, 2.75) is 17.0 Å². The van der Waals surface area contributed by atoms with Crippen LogP contribution in [0.4, 0.5) is 0 Å². The third-order valence-corrected chi connectivity index (χ3v) is 6.23. The van der Waals surface area contributed by atoms with Gasteiger partial charge in [0.1, 0.15) is 4.88 Å². The molecular formula is C14H11NO2S3. The van der Waals surface area contributed by atoms with Crippen LogP contribution in [0, 0.1) is 6.92 Å². The molecule has 1 N–H and O–H groups in total. The highest BCUT2D eigenvalue weighted by atomic mass is 32.2. The largest absolute Gasteiger partial charge is 0.477 e. The molecule has 2 aromatic heterocycles. The fourth-order valence-electron chi connectivity index (χ4n) is 1.92. The van der Waals surface area contributed by atoms with Crippen LogP contribution < -0.4 is 0 Å². The maximum atomic E-state index is 11.0. The summed E-state index contributed by atoms with van der Waals surface area (Å²) in [5, 5.41) is 12.5. The summed E-state index contributed by atoms with van der Waals surface area (Å²) in [6.45, 7) is 1.74. The molecule has 1 aromatic carbocycles. The maximum Gasteiger partial charge on any atom is 0.347 e. The SMILES string of the molecule is Cc1nc(SCc2csc3ccccc23)sc1C(=O)O. The van der Waals surface area contributed by atoms with E-state index in [0.29, 0.717) is 10.6 Å². The Labute approximate surface area is 128 Å². The van der Waals surface area contributed by atoms with Gasteiger partial charge in [0.25, 0.3) is 0 Å². The Morgan fingerprint density at radius 2 is 2.20 bits per heavy atom. The van der Waals surface area contributed by atoms with Gasteiger partial charge in [0, 0.05) is 10.5 Å². The average Bonchev–Trinajstić information content (AvgIpc) is 3.00. The van der Waals surface area contributed by atoms with Crippen molar-refractivity contribution in [1.29, 1.82) is 0 Å². The first-order chi connectivity index (χ1) is 9.65. The summed E-state index contributed by atoms with van der Waals surface area (Å²) in [6, 6.07) is 8.32. The number of hydrogen-bond acceptors (Lipinski definition) is 5. The number of carboxylic acids is 1. The van der Waals surface area contributed by atoms with Gasteiger partial charge in [-0.05, 0) is 29.3 Å². The van der Waals surface area contributed by atoms with Crippen molar-refractivity contribution in [3.63, 3.8) is 0 Å². The second-order valence-corrected chi connectivity index (χ2v) is 7.38. The normalized spacial score (nSPS) is 11.1. The van der Waals surface area contributed by atoms with Gasteiger partial charge in [0.05, 0.1) is 5.69 Å². The minimum Gasteiger partial charge on any atom is -0.477 e. The van der Waals surface area contributed by atoms with Crippen molar-refractivity contribution in [1.82, 2.24) is 4.98 Å². The lowest BCUT2D eigenvalue weighted by Gasteiger charge is -1.97. The first kappa shape index (κ1) is 13.6. The predicted molar refractivity (Wildman–Crippen MR) is 85.2 cm³/mol. The van der Waals surface area contributed by atoms with Crippen LogP contribution in [0.15, 0.2) is 34.0 Å². The van der Waals surface area contributed by atoms with Crippen molar-refractivity contribution < 1.29 is 9.90 Å². The number of aromatic nitrogens is 1. The highest BCUT2D eigenvalue weighted by Gasteiger charge is 2.14. The van der Waals surface area contributed by atoms with Crippen molar-refractivity contribution in [3.8, 4) is 0 Å². The summed E-state index contributed by atoms with van der Waals surface area (Å²) in [6.07, 6.45) is 0. The number of thioether (sulfide) groups is 1. The molecule has 3 nitrogen and oxygen atoms in total. The Balaban J connectivity index is 1.79. The van der Waals surface area contributed by atoms with E-state index in [1.807, 2.05) is 12.1 Å². The third kappa shape index (κ3) is 2.59. The average molecular weight is 321 g/mol. The van der Waals surface area contributed by atoms with Gasteiger partial charge in [-0.2, -0.15) is 0 Å². The van der Waals surface area contributed by atoms with Gasteiger partial charge in [0.15, 0.2) is 4.34 Å². The minimum absolute atomic E-state index is 0.336. The monoisotopic (exact) mass is 321 g/mol. The molecule has 3 rings (SSSR count). The third-order valence-electron chi connectivity index (χ3n) is 2.88. The molecule has 102 valence electrons. The summed E-state index contributed by atoms with van der Waals surface area (Å²) < 4.78 is 2.10. The molecule has 0 saturated carbocycles. The molecule has 6 heteroatoms. The van der Waals surface area contributed by atoms with E-state index in [4.69, 9.17) is 5.11 Å². The number of carboxylic acid groups (broad SMARTS) is 1. The lowest BCUT2D eigenvalue weighted by molar-refractivity contribution is 0.0701. The van der Waals surface area contributed by atoms with Crippen LogP contribution >= 0.6 is 34.4 Å². The highest BCUT2D eigenvalue weighted by Crippen LogP contribution is 2.33. The standard InChI is InChI=1S/C14H11NO2S3/c1-8-12(13(16)17)20-14(15-8)19-7-9-6-18-11-5-3-2-4-10(9)11/h2-6H,7H2,1H3,(H,16,17). The summed E-state index contributed by atoms with van der Waals surface area (Å²) in [5.74, 6) is -0.0800. The molecule has 0 amide bonds. The molecule has 3 aromatic rings. The molecule has 0 fully saturated rings. The zero-order valence-electron chi connectivity index (χ0n) is 10.6. The van der Waals surface area contributed by atoms with Crippen LogP contribution in [0.5, 0.6) is 0 Å². The minimum atomic E-state index is -0.896. The molecule has 2 heterocycles. The van der Waals surface area contributed by atoms with Gasteiger partial charge in [-0.1, -0.05) is 30.0 Å². The number of thiazole rings is 1. The molecule has 0 bridgehead atoms. The number of aryl methyl sites for hydroxylation is 1. The van der Waals surface area contributed by atoms with E-state index >= 15 is 0 Å². The predicted octanol–water partition coefficient (Wildman–Crippen LogP) is 4.66. The molecule has 0 aliphatic carbocycles. The fraction of sp³-hybridized carbons (Fsp3) is 0.143. The Morgan fingerprint density at radius 3 is 2.95 bits per heavy atom. The number of fused-ring (bicyclic) bond motifs is 1. The van der Waals surface area contributed by atoms with Gasteiger partial charge in [-0.25, -0.2) is 9.78 Å². The van der Waals surface area contributed by atoms with Gasteiger partial charge in [0.2, 0.25) is 0 Å². The maximum absolute atomic E-state index is 11.0. The van der Waals surface area contributed by atoms with Crippen LogP contribution in [-0.2, 0) is 5.75 Å². The van der Waals surface area contributed by atoms with Gasteiger partial charge in [-0.15, -0.1) is 22.7 Å². The van der Waals surface area contributed by atoms with Crippen LogP contribution in [0.25, 0.3) is 10.1 Å². The van der Waals surface area contributed by atoms with E-state index in [1.165, 1.54) is 27.0 Å². The van der Waals surface area contributed by atoms with E-state index < -0.39 is 5.97 Å². The van der Waals surface area contributed by atoms with Crippen molar-refractivity contribution in [2.24, 2.45) is 0 Å². The van der Waals surface area contributed by atoms with Crippen LogP contribution in [0.3, 0.4) is 0 Å². The topological polar surface area (TPSA) is 50.2 Å². The number of thiophene rings is 1. The molecular weight excluding hydrogens is 310 g/mol. The molecule has 0 saturated heterocycles. The van der Waals surface area contributed by atoms with Gasteiger partial charge >= 0.3 is 5.97 Å². The molecule has 0 unspecified atom stereocenters. The Kier molecular flexibility index (Phi) is 3.78. The Bertz CT molecular complexity index is 776. The first-order valence-electron chi connectivity index (χ1n) is 5.94. The summed E-state index contributed by atoms with van der Waals surface area (Å²) in [7, 11) is 0. The van der Waals surface area contributed by atoms with Gasteiger partial charge < -0.3 is 5.11 Å². The van der Waals surface area contributed by atoms with E-state index in [2.05, 4.69) is 22.5 Å². The fourth-order valence-corrected chi connectivity index (χ4v) is 5.00. The highest BCUT2D eigenvalue weighted by molar-refractivity contribution is 8.00. The van der Waals surface area contributed by atoms with Crippen molar-refractivity contribution in [2.75, 3.05) is 0 Å². The van der Waals surface area contributed by atoms with E-state index in [1.54, 1.807) is 30.0 Å². The van der Waals surface area contributed by atoms with Gasteiger partial charge in [-0.3, -0.25) is 0 Å². The van der Waals surface area contributed by atoms with Crippen LogP contribution in [0.2, 0.25) is 0 Å². The van der Waals surface area contributed by atoms with Crippen LogP contribution in [-0.4, -0.2) is 16.1 Å². The second kappa shape index (κ2) is 5.55.